The summed E-state index contributed by atoms with van der Waals surface area (Å²) in [4.78, 5) is 12.0. The van der Waals surface area contributed by atoms with Crippen molar-refractivity contribution in [2.75, 3.05) is 13.2 Å². The van der Waals surface area contributed by atoms with Gasteiger partial charge in [-0.25, -0.2) is 0 Å². The largest absolute Gasteiger partial charge is 0.381 e. The Labute approximate surface area is 97.9 Å². The van der Waals surface area contributed by atoms with E-state index in [2.05, 4.69) is 19.2 Å². The predicted molar refractivity (Wildman–Crippen MR) is 64.0 cm³/mol. The molecule has 1 amide bonds. The molecule has 0 aromatic heterocycles. The van der Waals surface area contributed by atoms with Crippen LogP contribution in [0.4, 0.5) is 0 Å². The van der Waals surface area contributed by atoms with Crippen molar-refractivity contribution in [3.05, 3.63) is 0 Å². The van der Waals surface area contributed by atoms with Crippen LogP contribution in [-0.4, -0.2) is 30.7 Å². The van der Waals surface area contributed by atoms with Crippen LogP contribution in [0.2, 0.25) is 0 Å². The smallest absolute Gasteiger partial charge is 0.240 e. The molecule has 0 spiro atoms. The van der Waals surface area contributed by atoms with E-state index in [4.69, 9.17) is 10.5 Å². The summed E-state index contributed by atoms with van der Waals surface area (Å²) in [6.45, 7) is 7.50. The molecule has 4 nitrogen and oxygen atoms in total. The van der Waals surface area contributed by atoms with Crippen molar-refractivity contribution in [2.24, 2.45) is 11.7 Å². The van der Waals surface area contributed by atoms with Crippen molar-refractivity contribution in [3.8, 4) is 0 Å². The predicted octanol–water partition coefficient (Wildman–Crippen LogP) is 1.05. The maximum absolute atomic E-state index is 12.0. The van der Waals surface area contributed by atoms with Crippen LogP contribution in [0.5, 0.6) is 0 Å². The van der Waals surface area contributed by atoms with E-state index in [1.54, 1.807) is 0 Å². The Morgan fingerprint density at radius 2 is 1.94 bits per heavy atom. The molecule has 0 radical (unpaired) electrons. The fourth-order valence-corrected chi connectivity index (χ4v) is 2.10. The summed E-state index contributed by atoms with van der Waals surface area (Å²) in [5, 5.41) is 3.00. The Morgan fingerprint density at radius 1 is 1.38 bits per heavy atom. The SMILES string of the molecule is CC(C)CC(C)NC(=O)C1(N)CCOCC1. The number of carbonyl (C=O) groups is 1. The third-order valence-electron chi connectivity index (χ3n) is 3.04. The fraction of sp³-hybridized carbons (Fsp3) is 0.917. The van der Waals surface area contributed by atoms with Gasteiger partial charge in [-0.2, -0.15) is 0 Å². The van der Waals surface area contributed by atoms with E-state index in [1.807, 2.05) is 6.92 Å². The van der Waals surface area contributed by atoms with Gasteiger partial charge in [0.15, 0.2) is 0 Å². The molecule has 0 saturated carbocycles. The van der Waals surface area contributed by atoms with E-state index < -0.39 is 5.54 Å². The molecular weight excluding hydrogens is 204 g/mol. The van der Waals surface area contributed by atoms with Gasteiger partial charge in [-0.1, -0.05) is 13.8 Å². The molecule has 1 aliphatic rings. The summed E-state index contributed by atoms with van der Waals surface area (Å²) in [5.74, 6) is 0.558. The summed E-state index contributed by atoms with van der Waals surface area (Å²) in [5.41, 5.74) is 5.37. The van der Waals surface area contributed by atoms with Crippen molar-refractivity contribution in [3.63, 3.8) is 0 Å². The van der Waals surface area contributed by atoms with Crippen LogP contribution >= 0.6 is 0 Å². The molecule has 0 bridgehead atoms. The number of carbonyl (C=O) groups excluding carboxylic acids is 1. The van der Waals surface area contributed by atoms with Gasteiger partial charge in [-0.15, -0.1) is 0 Å². The van der Waals surface area contributed by atoms with E-state index in [-0.39, 0.29) is 11.9 Å². The molecule has 4 heteroatoms. The number of hydrogen-bond donors (Lipinski definition) is 2. The van der Waals surface area contributed by atoms with Gasteiger partial charge in [0.2, 0.25) is 5.91 Å². The van der Waals surface area contributed by atoms with Gasteiger partial charge < -0.3 is 15.8 Å². The molecule has 0 aromatic rings. The van der Waals surface area contributed by atoms with Gasteiger partial charge >= 0.3 is 0 Å². The zero-order chi connectivity index (χ0) is 12.2. The fourth-order valence-electron chi connectivity index (χ4n) is 2.10. The van der Waals surface area contributed by atoms with Crippen LogP contribution in [0.1, 0.15) is 40.0 Å². The highest BCUT2D eigenvalue weighted by Gasteiger charge is 2.36. The van der Waals surface area contributed by atoms with E-state index >= 15 is 0 Å². The van der Waals surface area contributed by atoms with E-state index in [0.717, 1.165) is 6.42 Å². The molecule has 1 heterocycles. The molecule has 1 saturated heterocycles. The number of ether oxygens (including phenoxy) is 1. The van der Waals surface area contributed by atoms with Crippen LogP contribution in [0.15, 0.2) is 0 Å². The monoisotopic (exact) mass is 228 g/mol. The molecule has 0 aromatic carbocycles. The molecule has 16 heavy (non-hydrogen) atoms. The highest BCUT2D eigenvalue weighted by Crippen LogP contribution is 2.18. The lowest BCUT2D eigenvalue weighted by Gasteiger charge is -2.33. The Kier molecular flexibility index (Phi) is 4.74. The minimum atomic E-state index is -0.719. The number of nitrogens with one attached hydrogen (secondary N) is 1. The molecular formula is C12H24N2O2. The summed E-state index contributed by atoms with van der Waals surface area (Å²) in [6.07, 6.45) is 2.22. The first-order valence-electron chi connectivity index (χ1n) is 6.11. The maximum atomic E-state index is 12.0. The lowest BCUT2D eigenvalue weighted by molar-refractivity contribution is -0.130. The summed E-state index contributed by atoms with van der Waals surface area (Å²) in [7, 11) is 0. The number of nitrogens with two attached hydrogens (primary N) is 1. The van der Waals surface area contributed by atoms with Gasteiger partial charge in [0.1, 0.15) is 0 Å². The van der Waals surface area contributed by atoms with Gasteiger partial charge in [0.25, 0.3) is 0 Å². The number of hydrogen-bond acceptors (Lipinski definition) is 3. The molecule has 1 fully saturated rings. The molecule has 1 unspecified atom stereocenters. The maximum Gasteiger partial charge on any atom is 0.240 e. The average molecular weight is 228 g/mol. The minimum Gasteiger partial charge on any atom is -0.381 e. The lowest BCUT2D eigenvalue weighted by atomic mass is 9.90. The van der Waals surface area contributed by atoms with Crippen LogP contribution in [0.3, 0.4) is 0 Å². The molecule has 0 aliphatic carbocycles. The van der Waals surface area contributed by atoms with E-state index in [0.29, 0.717) is 32.0 Å². The summed E-state index contributed by atoms with van der Waals surface area (Å²) < 4.78 is 5.22. The third-order valence-corrected chi connectivity index (χ3v) is 3.04. The highest BCUT2D eigenvalue weighted by molar-refractivity contribution is 5.86. The van der Waals surface area contributed by atoms with Gasteiger partial charge in [0.05, 0.1) is 5.54 Å². The average Bonchev–Trinajstić information content (AvgIpc) is 2.17. The van der Waals surface area contributed by atoms with Gasteiger partial charge in [-0.05, 0) is 32.1 Å². The van der Waals surface area contributed by atoms with Crippen LogP contribution < -0.4 is 11.1 Å². The van der Waals surface area contributed by atoms with E-state index in [9.17, 15) is 4.79 Å². The van der Waals surface area contributed by atoms with E-state index in [1.165, 1.54) is 0 Å². The second kappa shape index (κ2) is 5.64. The first kappa shape index (κ1) is 13.5. The van der Waals surface area contributed by atoms with Gasteiger partial charge in [-0.3, -0.25) is 4.79 Å². The minimum absolute atomic E-state index is 0.0241. The number of amides is 1. The van der Waals surface area contributed by atoms with Crippen molar-refractivity contribution in [1.29, 1.82) is 0 Å². The second-order valence-corrected chi connectivity index (χ2v) is 5.27. The first-order chi connectivity index (χ1) is 7.44. The Bertz CT molecular complexity index is 235. The zero-order valence-electron chi connectivity index (χ0n) is 10.6. The van der Waals surface area contributed by atoms with Crippen molar-refractivity contribution in [2.45, 2.75) is 51.6 Å². The molecule has 1 aliphatic heterocycles. The summed E-state index contributed by atoms with van der Waals surface area (Å²) >= 11 is 0. The Balaban J connectivity index is 2.44. The Hall–Kier alpha value is -0.610. The van der Waals surface area contributed by atoms with Crippen molar-refractivity contribution >= 4 is 5.91 Å². The third kappa shape index (κ3) is 3.76. The topological polar surface area (TPSA) is 64.4 Å². The number of rotatable bonds is 4. The quantitative estimate of drug-likeness (QED) is 0.756. The second-order valence-electron chi connectivity index (χ2n) is 5.27. The van der Waals surface area contributed by atoms with Crippen LogP contribution in [0, 0.1) is 5.92 Å². The molecule has 1 atom stereocenters. The van der Waals surface area contributed by atoms with Gasteiger partial charge in [0, 0.05) is 19.3 Å². The Morgan fingerprint density at radius 3 is 2.44 bits per heavy atom. The first-order valence-corrected chi connectivity index (χ1v) is 6.11. The van der Waals surface area contributed by atoms with Crippen LogP contribution in [0.25, 0.3) is 0 Å². The normalized spacial score (nSPS) is 21.8. The van der Waals surface area contributed by atoms with Crippen LogP contribution in [-0.2, 0) is 9.53 Å². The van der Waals surface area contributed by atoms with Crippen molar-refractivity contribution < 1.29 is 9.53 Å². The highest BCUT2D eigenvalue weighted by atomic mass is 16.5. The molecule has 1 rings (SSSR count). The molecule has 3 N–H and O–H groups in total. The lowest BCUT2D eigenvalue weighted by Crippen LogP contribution is -2.58. The zero-order valence-corrected chi connectivity index (χ0v) is 10.6. The summed E-state index contributed by atoms with van der Waals surface area (Å²) in [6, 6.07) is 0.191. The molecule has 94 valence electrons. The standard InChI is InChI=1S/C12H24N2O2/c1-9(2)8-10(3)14-11(15)12(13)4-6-16-7-5-12/h9-10H,4-8,13H2,1-3H3,(H,14,15). The van der Waals surface area contributed by atoms with Crippen molar-refractivity contribution in [1.82, 2.24) is 5.32 Å².